The van der Waals surface area contributed by atoms with Crippen molar-refractivity contribution in [3.05, 3.63) is 83.7 Å². The molecule has 2 heterocycles. The topological polar surface area (TPSA) is 112 Å². The van der Waals surface area contributed by atoms with Gasteiger partial charge in [0.2, 0.25) is 5.75 Å². The summed E-state index contributed by atoms with van der Waals surface area (Å²) in [5, 5.41) is -1.64. The molecule has 0 N–H and O–H groups in total. The van der Waals surface area contributed by atoms with Crippen molar-refractivity contribution < 1.29 is 32.2 Å². The fourth-order valence-electron chi connectivity index (χ4n) is 5.98. The molecule has 0 spiro atoms. The van der Waals surface area contributed by atoms with Gasteiger partial charge < -0.3 is 19.1 Å². The predicted octanol–water partition coefficient (Wildman–Crippen LogP) is 5.24. The molecule has 1 aliphatic rings. The summed E-state index contributed by atoms with van der Waals surface area (Å²) in [5.74, 6) is -0.756. The van der Waals surface area contributed by atoms with Crippen molar-refractivity contribution in [3.63, 3.8) is 0 Å². The van der Waals surface area contributed by atoms with Gasteiger partial charge in [-0.05, 0) is 61.4 Å². The van der Waals surface area contributed by atoms with Crippen LogP contribution >= 0.6 is 0 Å². The Morgan fingerprint density at radius 2 is 1.67 bits per heavy atom. The number of nitrogens with zero attached hydrogens (tertiary/aromatic N) is 2. The second-order valence-electron chi connectivity index (χ2n) is 10.7. The summed E-state index contributed by atoms with van der Waals surface area (Å²) in [4.78, 5) is 33.1. The molecule has 0 aliphatic carbocycles. The molecule has 1 aliphatic heterocycles. The van der Waals surface area contributed by atoms with Gasteiger partial charge in [-0.25, -0.2) is 8.42 Å². The van der Waals surface area contributed by atoms with Gasteiger partial charge >= 0.3 is 0 Å². The highest BCUT2D eigenvalue weighted by Gasteiger charge is 2.46. The number of methoxy groups -OCH3 is 3. The summed E-state index contributed by atoms with van der Waals surface area (Å²) in [5.41, 5.74) is 1.66. The molecule has 2 aromatic carbocycles. The number of benzene rings is 2. The molecule has 1 fully saturated rings. The molecular formula is C33H40N2O7S. The van der Waals surface area contributed by atoms with E-state index in [2.05, 4.69) is 4.98 Å². The number of hydrogen-bond acceptors (Lipinski definition) is 8. The minimum absolute atomic E-state index is 0.0673. The molecule has 10 heteroatoms. The van der Waals surface area contributed by atoms with Crippen molar-refractivity contribution in [1.82, 2.24) is 9.88 Å². The molecule has 1 saturated heterocycles. The highest BCUT2D eigenvalue weighted by molar-refractivity contribution is 7.92. The maximum Gasteiger partial charge on any atom is 0.295 e. The fourth-order valence-corrected chi connectivity index (χ4v) is 8.64. The Morgan fingerprint density at radius 1 is 0.977 bits per heavy atom. The number of rotatable bonds is 14. The van der Waals surface area contributed by atoms with Crippen molar-refractivity contribution in [1.29, 1.82) is 0 Å². The Labute approximate surface area is 254 Å². The van der Waals surface area contributed by atoms with E-state index >= 15 is 0 Å². The third kappa shape index (κ3) is 7.01. The fraction of sp³-hybridized carbons (Fsp3) is 0.424. The number of aromatic nitrogens is 1. The first kappa shape index (κ1) is 32.0. The molecule has 9 nitrogen and oxygen atoms in total. The average Bonchev–Trinajstić information content (AvgIpc) is 3.51. The number of sulfone groups is 1. The number of Topliss-reactive ketones (excluding diaryl/α,β-unsaturated/α-hetero) is 1. The van der Waals surface area contributed by atoms with Crippen LogP contribution in [0.15, 0.2) is 67.0 Å². The van der Waals surface area contributed by atoms with Gasteiger partial charge in [-0.2, -0.15) is 0 Å². The smallest absolute Gasteiger partial charge is 0.295 e. The average molecular weight is 609 g/mol. The van der Waals surface area contributed by atoms with E-state index in [9.17, 15) is 18.0 Å². The van der Waals surface area contributed by atoms with Gasteiger partial charge in [0.05, 0.1) is 32.6 Å². The minimum atomic E-state index is -3.82. The van der Waals surface area contributed by atoms with Crippen molar-refractivity contribution in [2.24, 2.45) is 0 Å². The Hall–Kier alpha value is -3.92. The van der Waals surface area contributed by atoms with Crippen LogP contribution in [-0.2, 0) is 21.1 Å². The van der Waals surface area contributed by atoms with Crippen LogP contribution in [0.5, 0.6) is 17.2 Å². The first-order valence-corrected chi connectivity index (χ1v) is 16.2. The Balaban J connectivity index is 1.69. The highest BCUT2D eigenvalue weighted by Crippen LogP contribution is 2.41. The zero-order chi connectivity index (χ0) is 31.0. The van der Waals surface area contributed by atoms with Gasteiger partial charge in [-0.1, -0.05) is 49.7 Å². The molecule has 3 aromatic rings. The summed E-state index contributed by atoms with van der Waals surface area (Å²) in [6.07, 6.45) is 6.46. The number of ether oxygens (including phenoxy) is 3. The molecule has 43 heavy (non-hydrogen) atoms. The van der Waals surface area contributed by atoms with Crippen LogP contribution in [0.2, 0.25) is 0 Å². The summed E-state index contributed by atoms with van der Waals surface area (Å²) in [6.45, 7) is 2.25. The van der Waals surface area contributed by atoms with E-state index in [1.807, 2.05) is 37.3 Å². The largest absolute Gasteiger partial charge is 0.493 e. The Kier molecular flexibility index (Phi) is 10.8. The van der Waals surface area contributed by atoms with Crippen molar-refractivity contribution in [2.45, 2.75) is 62.0 Å². The van der Waals surface area contributed by atoms with Gasteiger partial charge in [0, 0.05) is 24.5 Å². The molecule has 4 rings (SSSR count). The third-order valence-electron chi connectivity index (χ3n) is 8.07. The molecule has 1 amide bonds. The normalized spacial score (nSPS) is 16.4. The van der Waals surface area contributed by atoms with E-state index in [0.29, 0.717) is 49.8 Å². The Morgan fingerprint density at radius 3 is 2.26 bits per heavy atom. The second kappa shape index (κ2) is 14.5. The van der Waals surface area contributed by atoms with Crippen LogP contribution in [-0.4, -0.2) is 69.2 Å². The van der Waals surface area contributed by atoms with E-state index in [0.717, 1.165) is 5.56 Å². The summed E-state index contributed by atoms with van der Waals surface area (Å²) in [6, 6.07) is 15.4. The summed E-state index contributed by atoms with van der Waals surface area (Å²) < 4.78 is 45.2. The maximum absolute atomic E-state index is 14.6. The molecule has 230 valence electrons. The van der Waals surface area contributed by atoms with Gasteiger partial charge in [-0.3, -0.25) is 14.6 Å². The van der Waals surface area contributed by atoms with Crippen molar-refractivity contribution in [2.75, 3.05) is 27.9 Å². The van der Waals surface area contributed by atoms with E-state index in [1.54, 1.807) is 24.5 Å². The number of carbonyl (C=O) groups is 2. The number of pyridine rings is 1. The second-order valence-corrected chi connectivity index (χ2v) is 13.0. The highest BCUT2D eigenvalue weighted by atomic mass is 32.2. The van der Waals surface area contributed by atoms with E-state index in [-0.39, 0.29) is 23.6 Å². The number of aryl methyl sites for hydroxylation is 1. The van der Waals surface area contributed by atoms with Crippen LogP contribution in [0.25, 0.3) is 0 Å². The van der Waals surface area contributed by atoms with E-state index in [1.165, 1.54) is 38.4 Å². The third-order valence-corrected chi connectivity index (χ3v) is 10.8. The van der Waals surface area contributed by atoms with Crippen LogP contribution in [0.3, 0.4) is 0 Å². The zero-order valence-corrected chi connectivity index (χ0v) is 26.0. The minimum Gasteiger partial charge on any atom is -0.493 e. The van der Waals surface area contributed by atoms with Gasteiger partial charge in [0.25, 0.3) is 11.7 Å². The first-order valence-electron chi connectivity index (χ1n) is 14.6. The number of ketones is 1. The summed E-state index contributed by atoms with van der Waals surface area (Å²) >= 11 is 0. The lowest BCUT2D eigenvalue weighted by molar-refractivity contribution is -0.127. The SMILES string of the molecule is CCC[C@H](CCc1ccccc1)S(=O)(=O)C(c1cccnc1)[C@@H]1CCCN1C(=O)C(=O)c1cc(OC)c(OC)c(OC)c1. The van der Waals surface area contributed by atoms with Crippen LogP contribution in [0.4, 0.5) is 0 Å². The Bertz CT molecular complexity index is 1470. The van der Waals surface area contributed by atoms with Crippen LogP contribution < -0.4 is 14.2 Å². The van der Waals surface area contributed by atoms with Gasteiger partial charge in [0.15, 0.2) is 21.3 Å². The first-order chi connectivity index (χ1) is 20.8. The molecule has 1 unspecified atom stereocenters. The molecular weight excluding hydrogens is 568 g/mol. The number of hydrogen-bond donors (Lipinski definition) is 0. The lowest BCUT2D eigenvalue weighted by Gasteiger charge is -2.34. The summed E-state index contributed by atoms with van der Waals surface area (Å²) in [7, 11) is 0.487. The van der Waals surface area contributed by atoms with E-state index < -0.39 is 38.1 Å². The zero-order valence-electron chi connectivity index (χ0n) is 25.2. The number of carbonyl (C=O) groups excluding carboxylic acids is 2. The van der Waals surface area contributed by atoms with Crippen molar-refractivity contribution >= 4 is 21.5 Å². The molecule has 0 radical (unpaired) electrons. The predicted molar refractivity (Wildman–Crippen MR) is 165 cm³/mol. The van der Waals surface area contributed by atoms with E-state index in [4.69, 9.17) is 14.2 Å². The monoisotopic (exact) mass is 608 g/mol. The van der Waals surface area contributed by atoms with Crippen LogP contribution in [0.1, 0.15) is 65.8 Å². The molecule has 3 atom stereocenters. The quantitative estimate of drug-likeness (QED) is 0.181. The lowest BCUT2D eigenvalue weighted by Crippen LogP contribution is -2.46. The molecule has 0 saturated carbocycles. The van der Waals surface area contributed by atoms with Gasteiger partial charge in [-0.15, -0.1) is 0 Å². The molecule has 1 aromatic heterocycles. The maximum atomic E-state index is 14.6. The van der Waals surface area contributed by atoms with Crippen molar-refractivity contribution in [3.8, 4) is 17.2 Å². The van der Waals surface area contributed by atoms with Gasteiger partial charge in [0.1, 0.15) is 5.25 Å². The number of amides is 1. The standard InChI is InChI=1S/C33H40N2O7S/c1-5-11-26(17-16-23-12-7-6-8-13-23)43(38,39)32(24-14-9-18-34-22-24)27-15-10-19-35(27)33(37)30(36)25-20-28(40-2)31(42-4)29(21-25)41-3/h6-9,12-14,18,20-22,26-27,32H,5,10-11,15-17,19H2,1-4H3/t26-,27+,32?/m1/s1. The van der Waals surface area contributed by atoms with Crippen LogP contribution in [0, 0.1) is 0 Å². The lowest BCUT2D eigenvalue weighted by atomic mass is 10.0. The molecule has 0 bridgehead atoms. The number of likely N-dealkylation sites (tertiary alicyclic amines) is 1.